The third-order valence-electron chi connectivity index (χ3n) is 4.90. The second-order valence-corrected chi connectivity index (χ2v) is 9.77. The summed E-state index contributed by atoms with van der Waals surface area (Å²) in [6.45, 7) is 1.13. The number of rotatable bonds is 10. The summed E-state index contributed by atoms with van der Waals surface area (Å²) in [6, 6.07) is 9.95. The Kier molecular flexibility index (Phi) is 8.22. The largest absolute Gasteiger partial charge is 0.486 e. The highest BCUT2D eigenvalue weighted by molar-refractivity contribution is 7.89. The summed E-state index contributed by atoms with van der Waals surface area (Å²) < 4.78 is 38.4. The number of hydrogen-bond donors (Lipinski definition) is 2. The van der Waals surface area contributed by atoms with Crippen molar-refractivity contribution in [1.82, 2.24) is 4.72 Å². The number of ether oxygens (including phenoxy) is 2. The van der Waals surface area contributed by atoms with Crippen LogP contribution in [0.3, 0.4) is 0 Å². The number of unbranched alkanes of at least 4 members (excludes halogenated alkanes) is 2. The van der Waals surface area contributed by atoms with E-state index in [2.05, 4.69) is 10.0 Å². The number of hydrogen-bond acceptors (Lipinski definition) is 6. The average Bonchev–Trinajstić information content (AvgIpc) is 2.75. The molecule has 2 aromatic rings. The fraction of sp³-hybridized carbons (Fsp3) is 0.409. The van der Waals surface area contributed by atoms with Crippen LogP contribution in [0.4, 0.5) is 11.4 Å². The molecule has 1 aliphatic rings. The molecule has 0 saturated heterocycles. The number of sulfonamides is 1. The van der Waals surface area contributed by atoms with Crippen molar-refractivity contribution in [3.8, 4) is 11.5 Å². The van der Waals surface area contributed by atoms with Crippen LogP contribution in [0.25, 0.3) is 0 Å². The van der Waals surface area contributed by atoms with Crippen molar-refractivity contribution in [2.75, 3.05) is 44.1 Å². The third-order valence-corrected chi connectivity index (χ3v) is 6.67. The molecule has 0 aliphatic carbocycles. The molecule has 1 amide bonds. The molecule has 0 aromatic heterocycles. The minimum atomic E-state index is -3.64. The summed E-state index contributed by atoms with van der Waals surface area (Å²) in [5, 5.41) is 3.46. The van der Waals surface area contributed by atoms with E-state index < -0.39 is 10.0 Å². The quantitative estimate of drug-likeness (QED) is 0.503. The highest BCUT2D eigenvalue weighted by Crippen LogP contribution is 2.33. The van der Waals surface area contributed by atoms with E-state index in [1.54, 1.807) is 18.2 Å². The zero-order valence-corrected chi connectivity index (χ0v) is 19.8. The summed E-state index contributed by atoms with van der Waals surface area (Å²) in [5.41, 5.74) is 1.43. The Labute approximate surface area is 193 Å². The van der Waals surface area contributed by atoms with Gasteiger partial charge >= 0.3 is 0 Å². The van der Waals surface area contributed by atoms with Crippen molar-refractivity contribution in [1.29, 1.82) is 0 Å². The Morgan fingerprint density at radius 1 is 1.06 bits per heavy atom. The molecule has 174 valence electrons. The van der Waals surface area contributed by atoms with Gasteiger partial charge in [-0.3, -0.25) is 4.79 Å². The van der Waals surface area contributed by atoms with Gasteiger partial charge in [0.15, 0.2) is 11.5 Å². The molecule has 0 radical (unpaired) electrons. The maximum absolute atomic E-state index is 12.5. The Hall–Kier alpha value is -2.49. The van der Waals surface area contributed by atoms with Crippen LogP contribution in [0.1, 0.15) is 25.7 Å². The second kappa shape index (κ2) is 10.9. The fourth-order valence-corrected chi connectivity index (χ4v) is 4.78. The van der Waals surface area contributed by atoms with Gasteiger partial charge in [-0.15, -0.1) is 0 Å². The molecule has 2 N–H and O–H groups in total. The van der Waals surface area contributed by atoms with Gasteiger partial charge in [0, 0.05) is 33.1 Å². The number of anilines is 2. The smallest absolute Gasteiger partial charge is 0.240 e. The number of halogens is 1. The maximum Gasteiger partial charge on any atom is 0.240 e. The molecule has 8 nitrogen and oxygen atoms in total. The summed E-state index contributed by atoms with van der Waals surface area (Å²) >= 11 is 6.22. The molecule has 1 aliphatic heterocycles. The van der Waals surface area contributed by atoms with Crippen LogP contribution in [0.5, 0.6) is 11.5 Å². The minimum absolute atomic E-state index is 0.104. The topological polar surface area (TPSA) is 97.0 Å². The molecule has 0 saturated carbocycles. The highest BCUT2D eigenvalue weighted by Gasteiger charge is 2.19. The molecule has 0 atom stereocenters. The lowest BCUT2D eigenvalue weighted by atomic mass is 10.2. The van der Waals surface area contributed by atoms with E-state index in [4.69, 9.17) is 21.1 Å². The number of nitrogens with one attached hydrogen (secondary N) is 2. The molecule has 3 rings (SSSR count). The van der Waals surface area contributed by atoms with E-state index in [-0.39, 0.29) is 17.3 Å². The van der Waals surface area contributed by atoms with Crippen LogP contribution in [0.15, 0.2) is 41.3 Å². The number of carbonyl (C=O) groups excluding carboxylic acids is 1. The molecular weight excluding hydrogens is 454 g/mol. The van der Waals surface area contributed by atoms with Gasteiger partial charge in [-0.25, -0.2) is 13.1 Å². The molecule has 1 heterocycles. The Balaban J connectivity index is 1.40. The lowest BCUT2D eigenvalue weighted by Crippen LogP contribution is -2.25. The van der Waals surface area contributed by atoms with E-state index in [9.17, 15) is 13.2 Å². The average molecular weight is 482 g/mol. The minimum Gasteiger partial charge on any atom is -0.486 e. The zero-order chi connectivity index (χ0) is 23.1. The molecule has 0 unspecified atom stereocenters. The second-order valence-electron chi connectivity index (χ2n) is 7.59. The standard InChI is InChI=1S/C22H28ClN3O5S/c1-26(2)22-17(23)7-6-8-18(22)25-21(27)9-4-3-5-12-24-32(28,29)16-10-11-19-20(15-16)31-14-13-30-19/h6-8,10-11,15,24H,3-5,9,12-14H2,1-2H3,(H,25,27). The SMILES string of the molecule is CN(C)c1c(Cl)cccc1NC(=O)CCCCCNS(=O)(=O)c1ccc2c(c1)OCCO2. The van der Waals surface area contributed by atoms with Gasteiger partial charge in [-0.1, -0.05) is 24.1 Å². The van der Waals surface area contributed by atoms with E-state index >= 15 is 0 Å². The van der Waals surface area contributed by atoms with Crippen LogP contribution in [0.2, 0.25) is 5.02 Å². The molecular formula is C22H28ClN3O5S. The Morgan fingerprint density at radius 2 is 1.81 bits per heavy atom. The number of fused-ring (bicyclic) bond motifs is 1. The van der Waals surface area contributed by atoms with Crippen LogP contribution in [0, 0.1) is 0 Å². The molecule has 0 bridgehead atoms. The predicted molar refractivity (Wildman–Crippen MR) is 125 cm³/mol. The van der Waals surface area contributed by atoms with Gasteiger partial charge < -0.3 is 19.7 Å². The molecule has 0 fully saturated rings. The zero-order valence-electron chi connectivity index (χ0n) is 18.2. The number of carbonyl (C=O) groups is 1. The van der Waals surface area contributed by atoms with Crippen LogP contribution in [-0.4, -0.2) is 48.2 Å². The van der Waals surface area contributed by atoms with Crippen molar-refractivity contribution in [3.63, 3.8) is 0 Å². The molecule has 10 heteroatoms. The summed E-state index contributed by atoms with van der Waals surface area (Å²) in [5.74, 6) is 0.874. The van der Waals surface area contributed by atoms with Crippen molar-refractivity contribution in [3.05, 3.63) is 41.4 Å². The molecule has 0 spiro atoms. The number of para-hydroxylation sites is 1. The van der Waals surface area contributed by atoms with Crippen molar-refractivity contribution < 1.29 is 22.7 Å². The van der Waals surface area contributed by atoms with Gasteiger partial charge in [-0.05, 0) is 37.1 Å². The number of nitrogens with zero attached hydrogens (tertiary/aromatic N) is 1. The highest BCUT2D eigenvalue weighted by atomic mass is 35.5. The van der Waals surface area contributed by atoms with E-state index in [0.717, 1.165) is 5.69 Å². The van der Waals surface area contributed by atoms with Crippen LogP contribution in [-0.2, 0) is 14.8 Å². The van der Waals surface area contributed by atoms with Gasteiger partial charge in [0.25, 0.3) is 0 Å². The monoisotopic (exact) mass is 481 g/mol. The summed E-state index contributed by atoms with van der Waals surface area (Å²) in [7, 11) is 0.0910. The van der Waals surface area contributed by atoms with Crippen LogP contribution < -0.4 is 24.4 Å². The summed E-state index contributed by atoms with van der Waals surface area (Å²) in [4.78, 5) is 14.3. The Morgan fingerprint density at radius 3 is 2.56 bits per heavy atom. The van der Waals surface area contributed by atoms with Crippen LogP contribution >= 0.6 is 11.6 Å². The van der Waals surface area contributed by atoms with Crippen molar-refractivity contribution in [2.45, 2.75) is 30.6 Å². The van der Waals surface area contributed by atoms with E-state index in [0.29, 0.717) is 61.1 Å². The van der Waals surface area contributed by atoms with Gasteiger partial charge in [0.05, 0.1) is 21.3 Å². The Bertz CT molecular complexity index is 1060. The van der Waals surface area contributed by atoms with Gasteiger partial charge in [0.2, 0.25) is 15.9 Å². The van der Waals surface area contributed by atoms with Gasteiger partial charge in [0.1, 0.15) is 13.2 Å². The third kappa shape index (κ3) is 6.27. The molecule has 2 aromatic carbocycles. The normalized spacial score (nSPS) is 13.0. The lowest BCUT2D eigenvalue weighted by Gasteiger charge is -2.19. The number of benzene rings is 2. The predicted octanol–water partition coefficient (Wildman–Crippen LogP) is 3.65. The maximum atomic E-state index is 12.5. The molecule has 32 heavy (non-hydrogen) atoms. The summed E-state index contributed by atoms with van der Waals surface area (Å²) in [6.07, 6.45) is 2.33. The van der Waals surface area contributed by atoms with Crippen molar-refractivity contribution in [2.24, 2.45) is 0 Å². The van der Waals surface area contributed by atoms with E-state index in [1.807, 2.05) is 25.1 Å². The van der Waals surface area contributed by atoms with Crippen molar-refractivity contribution >= 4 is 38.9 Å². The first kappa shape index (κ1) is 24.2. The first-order valence-electron chi connectivity index (χ1n) is 10.4. The first-order valence-corrected chi connectivity index (χ1v) is 12.3. The van der Waals surface area contributed by atoms with Gasteiger partial charge in [-0.2, -0.15) is 0 Å². The number of amides is 1. The first-order chi connectivity index (χ1) is 15.3. The lowest BCUT2D eigenvalue weighted by molar-refractivity contribution is -0.116. The fourth-order valence-electron chi connectivity index (χ4n) is 3.35. The van der Waals surface area contributed by atoms with E-state index in [1.165, 1.54) is 12.1 Å².